The van der Waals surface area contributed by atoms with Crippen LogP contribution in [0.25, 0.3) is 0 Å². The quantitative estimate of drug-likeness (QED) is 0.545. The van der Waals surface area contributed by atoms with Crippen molar-refractivity contribution in [3.05, 3.63) is 23.4 Å². The van der Waals surface area contributed by atoms with Crippen molar-refractivity contribution in [2.45, 2.75) is 12.5 Å². The van der Waals surface area contributed by atoms with Gasteiger partial charge < -0.3 is 9.84 Å². The lowest BCUT2D eigenvalue weighted by Crippen LogP contribution is -1.77. The molecule has 1 aliphatic heterocycles. The van der Waals surface area contributed by atoms with E-state index in [0.717, 1.165) is 19.3 Å². The van der Waals surface area contributed by atoms with Crippen LogP contribution in [0.3, 0.4) is 0 Å². The molecule has 1 unspecified atom stereocenters. The van der Waals surface area contributed by atoms with E-state index in [2.05, 4.69) is 6.58 Å². The van der Waals surface area contributed by atoms with Crippen molar-refractivity contribution in [3.8, 4) is 0 Å². The van der Waals surface area contributed by atoms with Crippen LogP contribution in [0.1, 0.15) is 6.42 Å². The smallest absolute Gasteiger partial charge is 0.0992 e. The molecule has 1 aliphatic rings. The SMILES string of the molecule is C=C(Cl)Cl.OC=CCC1CO1. The highest BCUT2D eigenvalue weighted by molar-refractivity contribution is 6.55. The monoisotopic (exact) mass is 196 g/mol. The standard InChI is InChI=1S/C5H8O2.C2H2Cl2/c6-3-1-2-5-4-7-5;1-2(3)4/h1,3,5-6H,2,4H2;1H2. The summed E-state index contributed by atoms with van der Waals surface area (Å²) >= 11 is 9.69. The van der Waals surface area contributed by atoms with E-state index in [1.165, 1.54) is 0 Å². The van der Waals surface area contributed by atoms with Crippen LogP contribution >= 0.6 is 23.2 Å². The maximum Gasteiger partial charge on any atom is 0.0992 e. The summed E-state index contributed by atoms with van der Waals surface area (Å²) in [4.78, 5) is 0. The molecule has 0 aromatic heterocycles. The van der Waals surface area contributed by atoms with Gasteiger partial charge in [0.2, 0.25) is 0 Å². The van der Waals surface area contributed by atoms with Crippen molar-refractivity contribution in [2.75, 3.05) is 6.61 Å². The Balaban J connectivity index is 0.000000218. The summed E-state index contributed by atoms with van der Waals surface area (Å²) in [6.45, 7) is 3.95. The fraction of sp³-hybridized carbons (Fsp3) is 0.429. The molecule has 0 aromatic rings. The van der Waals surface area contributed by atoms with Gasteiger partial charge in [-0.15, -0.1) is 0 Å². The minimum absolute atomic E-state index is 0.111. The van der Waals surface area contributed by atoms with Crippen molar-refractivity contribution in [3.63, 3.8) is 0 Å². The second kappa shape index (κ2) is 6.53. The second-order valence-electron chi connectivity index (χ2n) is 1.91. The Labute approximate surface area is 76.1 Å². The van der Waals surface area contributed by atoms with Crippen molar-refractivity contribution in [1.82, 2.24) is 0 Å². The fourth-order valence-electron chi connectivity index (χ4n) is 0.417. The van der Waals surface area contributed by atoms with Crippen LogP contribution in [0.5, 0.6) is 0 Å². The molecule has 2 nitrogen and oxygen atoms in total. The molecule has 64 valence electrons. The van der Waals surface area contributed by atoms with Gasteiger partial charge in [0, 0.05) is 0 Å². The normalized spacial score (nSPS) is 20.7. The third-order valence-electron chi connectivity index (χ3n) is 0.907. The van der Waals surface area contributed by atoms with Crippen molar-refractivity contribution >= 4 is 23.2 Å². The van der Waals surface area contributed by atoms with E-state index in [-0.39, 0.29) is 4.49 Å². The number of hydrogen-bond donors (Lipinski definition) is 1. The van der Waals surface area contributed by atoms with E-state index in [1.807, 2.05) is 0 Å². The van der Waals surface area contributed by atoms with Crippen molar-refractivity contribution in [1.29, 1.82) is 0 Å². The second-order valence-corrected chi connectivity index (χ2v) is 3.02. The Morgan fingerprint density at radius 3 is 2.45 bits per heavy atom. The van der Waals surface area contributed by atoms with Crippen LogP contribution in [0.2, 0.25) is 0 Å². The van der Waals surface area contributed by atoms with E-state index in [4.69, 9.17) is 33.0 Å². The molecule has 0 amide bonds. The Kier molecular flexibility index (Phi) is 6.42. The molecule has 0 aromatic carbocycles. The summed E-state index contributed by atoms with van der Waals surface area (Å²) in [5.74, 6) is 0. The molecule has 1 atom stereocenters. The van der Waals surface area contributed by atoms with Crippen molar-refractivity contribution in [2.24, 2.45) is 0 Å². The summed E-state index contributed by atoms with van der Waals surface area (Å²) in [6.07, 6.45) is 4.01. The Morgan fingerprint density at radius 1 is 1.73 bits per heavy atom. The fourth-order valence-corrected chi connectivity index (χ4v) is 0.417. The maximum absolute atomic E-state index is 8.11. The van der Waals surface area contributed by atoms with Gasteiger partial charge in [0.25, 0.3) is 0 Å². The number of aliphatic hydroxyl groups excluding tert-OH is 1. The Hall–Kier alpha value is -0.180. The highest BCUT2D eigenvalue weighted by atomic mass is 35.5. The predicted octanol–water partition coefficient (Wildman–Crippen LogP) is 2.78. The van der Waals surface area contributed by atoms with Crippen LogP contribution < -0.4 is 0 Å². The van der Waals surface area contributed by atoms with Crippen LogP contribution in [0, 0.1) is 0 Å². The average molecular weight is 197 g/mol. The molecule has 0 bridgehead atoms. The molecular formula is C7H10Cl2O2. The van der Waals surface area contributed by atoms with Gasteiger partial charge in [-0.3, -0.25) is 0 Å². The van der Waals surface area contributed by atoms with Gasteiger partial charge in [-0.1, -0.05) is 29.8 Å². The Bertz CT molecular complexity index is 137. The lowest BCUT2D eigenvalue weighted by Gasteiger charge is -1.76. The first-order valence-corrected chi connectivity index (χ1v) is 3.83. The number of ether oxygens (including phenoxy) is 1. The molecule has 0 aliphatic carbocycles. The first-order chi connectivity index (χ1) is 5.16. The molecule has 1 N–H and O–H groups in total. The maximum atomic E-state index is 8.11. The molecular weight excluding hydrogens is 187 g/mol. The third kappa shape index (κ3) is 12.9. The summed E-state index contributed by atoms with van der Waals surface area (Å²) < 4.78 is 4.96. The molecule has 1 fully saturated rings. The molecule has 0 saturated carbocycles. The van der Waals surface area contributed by atoms with Crippen LogP contribution in [0.15, 0.2) is 23.4 Å². The molecule has 4 heteroatoms. The summed E-state index contributed by atoms with van der Waals surface area (Å²) in [6, 6.07) is 0. The number of rotatable bonds is 2. The number of halogens is 2. The minimum atomic E-state index is 0.111. The zero-order chi connectivity index (χ0) is 8.69. The predicted molar refractivity (Wildman–Crippen MR) is 47.0 cm³/mol. The van der Waals surface area contributed by atoms with E-state index in [1.54, 1.807) is 6.08 Å². The number of epoxide rings is 1. The van der Waals surface area contributed by atoms with Gasteiger partial charge in [0.1, 0.15) is 0 Å². The van der Waals surface area contributed by atoms with Crippen LogP contribution in [-0.2, 0) is 4.74 Å². The highest BCUT2D eigenvalue weighted by Gasteiger charge is 2.19. The number of hydrogen-bond acceptors (Lipinski definition) is 2. The minimum Gasteiger partial charge on any atom is -0.516 e. The van der Waals surface area contributed by atoms with Crippen LogP contribution in [0.4, 0.5) is 0 Å². The van der Waals surface area contributed by atoms with E-state index >= 15 is 0 Å². The van der Waals surface area contributed by atoms with Gasteiger partial charge in [-0.05, 0) is 12.5 Å². The zero-order valence-corrected chi connectivity index (χ0v) is 7.48. The van der Waals surface area contributed by atoms with E-state index in [9.17, 15) is 0 Å². The first kappa shape index (κ1) is 10.8. The van der Waals surface area contributed by atoms with E-state index in [0.29, 0.717) is 6.10 Å². The number of aliphatic hydroxyl groups is 1. The van der Waals surface area contributed by atoms with Gasteiger partial charge in [0.15, 0.2) is 0 Å². The molecule has 0 radical (unpaired) electrons. The summed E-state index contributed by atoms with van der Waals surface area (Å²) in [7, 11) is 0. The lowest BCUT2D eigenvalue weighted by atomic mass is 10.3. The first-order valence-electron chi connectivity index (χ1n) is 3.07. The van der Waals surface area contributed by atoms with Gasteiger partial charge >= 0.3 is 0 Å². The van der Waals surface area contributed by atoms with Gasteiger partial charge in [-0.25, -0.2) is 0 Å². The molecule has 1 saturated heterocycles. The molecule has 1 heterocycles. The largest absolute Gasteiger partial charge is 0.516 e. The summed E-state index contributed by atoms with van der Waals surface area (Å²) in [5.41, 5.74) is 0. The zero-order valence-electron chi connectivity index (χ0n) is 5.96. The molecule has 1 rings (SSSR count). The lowest BCUT2D eigenvalue weighted by molar-refractivity contribution is 0.406. The van der Waals surface area contributed by atoms with Gasteiger partial charge in [-0.2, -0.15) is 0 Å². The average Bonchev–Trinajstić information content (AvgIpc) is 2.64. The molecule has 11 heavy (non-hydrogen) atoms. The van der Waals surface area contributed by atoms with Gasteiger partial charge in [0.05, 0.1) is 23.5 Å². The highest BCUT2D eigenvalue weighted by Crippen LogP contribution is 2.12. The van der Waals surface area contributed by atoms with Crippen molar-refractivity contribution < 1.29 is 9.84 Å². The third-order valence-corrected chi connectivity index (χ3v) is 0.907. The summed E-state index contributed by atoms with van der Waals surface area (Å²) in [5, 5.41) is 8.11. The van der Waals surface area contributed by atoms with E-state index < -0.39 is 0 Å². The molecule has 0 spiro atoms. The topological polar surface area (TPSA) is 32.8 Å². The van der Waals surface area contributed by atoms with Crippen LogP contribution in [-0.4, -0.2) is 17.8 Å². The Morgan fingerprint density at radius 2 is 2.18 bits per heavy atom.